The molecule has 0 bridgehead atoms. The van der Waals surface area contributed by atoms with E-state index in [1.165, 1.54) is 24.0 Å². The molecule has 1 aliphatic rings. The zero-order valence-electron chi connectivity index (χ0n) is 10.2. The molecule has 0 saturated heterocycles. The van der Waals surface area contributed by atoms with Crippen molar-refractivity contribution in [3.63, 3.8) is 0 Å². The van der Waals surface area contributed by atoms with Gasteiger partial charge in [0.05, 0.1) is 0 Å². The number of aromatic nitrogens is 1. The summed E-state index contributed by atoms with van der Waals surface area (Å²) in [6.45, 7) is 3.30. The fraction of sp³-hybridized carbons (Fsp3) is 0.500. The first-order chi connectivity index (χ1) is 8.24. The molecule has 1 aromatic heterocycles. The Labute approximate surface area is 112 Å². The number of halogens is 1. The maximum absolute atomic E-state index is 4.18. The third-order valence-electron chi connectivity index (χ3n) is 2.89. The summed E-state index contributed by atoms with van der Waals surface area (Å²) < 4.78 is 1.05. The number of hydrogen-bond donors (Lipinski definition) is 1. The highest BCUT2D eigenvalue weighted by Crippen LogP contribution is 2.18. The average Bonchev–Trinajstić information content (AvgIpc) is 3.08. The number of hydrogen-bond acceptors (Lipinski definition) is 2. The molecule has 1 heterocycles. The molecular formula is C14H19BrN2. The van der Waals surface area contributed by atoms with Crippen LogP contribution in [0.5, 0.6) is 0 Å². The molecule has 1 saturated carbocycles. The van der Waals surface area contributed by atoms with Gasteiger partial charge in [0.15, 0.2) is 0 Å². The van der Waals surface area contributed by atoms with Crippen LogP contribution in [0.15, 0.2) is 34.6 Å². The molecule has 0 aromatic carbocycles. The first-order valence-corrected chi connectivity index (χ1v) is 7.02. The Bertz CT molecular complexity index is 397. The van der Waals surface area contributed by atoms with Gasteiger partial charge in [-0.1, -0.05) is 11.6 Å². The first-order valence-electron chi connectivity index (χ1n) is 6.22. The van der Waals surface area contributed by atoms with Gasteiger partial charge in [0, 0.05) is 22.9 Å². The van der Waals surface area contributed by atoms with Gasteiger partial charge < -0.3 is 5.32 Å². The summed E-state index contributed by atoms with van der Waals surface area (Å²) in [6, 6.07) is 2.95. The fourth-order valence-corrected chi connectivity index (χ4v) is 2.25. The van der Waals surface area contributed by atoms with E-state index < -0.39 is 0 Å². The van der Waals surface area contributed by atoms with Crippen LogP contribution >= 0.6 is 15.9 Å². The molecule has 2 nitrogen and oxygen atoms in total. The van der Waals surface area contributed by atoms with Crippen LogP contribution in [-0.4, -0.2) is 17.6 Å². The van der Waals surface area contributed by atoms with Crippen molar-refractivity contribution in [1.29, 1.82) is 0 Å². The molecule has 17 heavy (non-hydrogen) atoms. The van der Waals surface area contributed by atoms with Crippen molar-refractivity contribution < 1.29 is 0 Å². The van der Waals surface area contributed by atoms with Gasteiger partial charge in [-0.15, -0.1) is 0 Å². The lowest BCUT2D eigenvalue weighted by atomic mass is 10.1. The lowest BCUT2D eigenvalue weighted by Gasteiger charge is -2.03. The van der Waals surface area contributed by atoms with E-state index in [9.17, 15) is 0 Å². The Morgan fingerprint density at radius 2 is 2.35 bits per heavy atom. The number of rotatable bonds is 6. The van der Waals surface area contributed by atoms with Gasteiger partial charge in [-0.3, -0.25) is 4.98 Å². The quantitative estimate of drug-likeness (QED) is 0.642. The molecule has 2 rings (SSSR count). The van der Waals surface area contributed by atoms with Gasteiger partial charge in [0.2, 0.25) is 0 Å². The van der Waals surface area contributed by atoms with Crippen LogP contribution in [0.3, 0.4) is 0 Å². The van der Waals surface area contributed by atoms with E-state index in [4.69, 9.17) is 0 Å². The first kappa shape index (κ1) is 12.8. The van der Waals surface area contributed by atoms with Crippen molar-refractivity contribution in [2.24, 2.45) is 0 Å². The Morgan fingerprint density at radius 1 is 1.53 bits per heavy atom. The molecular weight excluding hydrogens is 276 g/mol. The summed E-state index contributed by atoms with van der Waals surface area (Å²) in [5.41, 5.74) is 2.69. The predicted molar refractivity (Wildman–Crippen MR) is 75.0 cm³/mol. The van der Waals surface area contributed by atoms with Gasteiger partial charge in [-0.25, -0.2) is 0 Å². The number of pyridine rings is 1. The zero-order valence-corrected chi connectivity index (χ0v) is 11.8. The van der Waals surface area contributed by atoms with Crippen molar-refractivity contribution in [1.82, 2.24) is 10.3 Å². The van der Waals surface area contributed by atoms with E-state index in [0.717, 1.165) is 29.9 Å². The summed E-state index contributed by atoms with van der Waals surface area (Å²) in [4.78, 5) is 4.18. The molecule has 1 fully saturated rings. The molecule has 0 aliphatic heterocycles. The highest BCUT2D eigenvalue weighted by molar-refractivity contribution is 9.10. The molecule has 1 aromatic rings. The second-order valence-corrected chi connectivity index (χ2v) is 5.67. The monoisotopic (exact) mass is 294 g/mol. The maximum Gasteiger partial charge on any atom is 0.0410 e. The van der Waals surface area contributed by atoms with E-state index in [1.807, 2.05) is 12.4 Å². The van der Waals surface area contributed by atoms with Gasteiger partial charge in [-0.05, 0) is 66.7 Å². The van der Waals surface area contributed by atoms with Crippen molar-refractivity contribution >= 4 is 15.9 Å². The Hall–Kier alpha value is -0.670. The van der Waals surface area contributed by atoms with Crippen molar-refractivity contribution in [3.8, 4) is 0 Å². The second-order valence-electron chi connectivity index (χ2n) is 4.76. The Balaban J connectivity index is 1.74. The third kappa shape index (κ3) is 5.00. The van der Waals surface area contributed by atoms with Crippen LogP contribution in [0.25, 0.3) is 0 Å². The smallest absolute Gasteiger partial charge is 0.0410 e. The maximum atomic E-state index is 4.18. The fourth-order valence-electron chi connectivity index (χ4n) is 1.84. The lowest BCUT2D eigenvalue weighted by molar-refractivity contribution is 0.688. The van der Waals surface area contributed by atoms with Crippen LogP contribution < -0.4 is 5.32 Å². The molecule has 0 spiro atoms. The normalized spacial score (nSPS) is 16.2. The summed E-state index contributed by atoms with van der Waals surface area (Å²) in [5, 5.41) is 3.52. The van der Waals surface area contributed by atoms with E-state index >= 15 is 0 Å². The molecule has 1 aliphatic carbocycles. The molecule has 92 valence electrons. The largest absolute Gasteiger partial charge is 0.314 e. The summed E-state index contributed by atoms with van der Waals surface area (Å²) in [5.74, 6) is 0. The minimum atomic E-state index is 0.818. The number of nitrogens with one attached hydrogen (secondary N) is 1. The summed E-state index contributed by atoms with van der Waals surface area (Å²) in [6.07, 6.45) is 10.9. The van der Waals surface area contributed by atoms with Crippen LogP contribution in [0, 0.1) is 0 Å². The highest BCUT2D eigenvalue weighted by Gasteiger charge is 2.19. The molecule has 0 radical (unpaired) electrons. The average molecular weight is 295 g/mol. The minimum Gasteiger partial charge on any atom is -0.314 e. The van der Waals surface area contributed by atoms with Crippen LogP contribution in [0.4, 0.5) is 0 Å². The van der Waals surface area contributed by atoms with E-state index in [-0.39, 0.29) is 0 Å². The highest BCUT2D eigenvalue weighted by atomic mass is 79.9. The van der Waals surface area contributed by atoms with Gasteiger partial charge in [-0.2, -0.15) is 0 Å². The molecule has 0 atom stereocenters. The van der Waals surface area contributed by atoms with Crippen molar-refractivity contribution in [2.75, 3.05) is 6.54 Å². The van der Waals surface area contributed by atoms with Gasteiger partial charge in [0.1, 0.15) is 0 Å². The molecule has 3 heteroatoms. The van der Waals surface area contributed by atoms with E-state index in [2.05, 4.69) is 45.3 Å². The number of allylic oxidation sites excluding steroid dienone is 1. The topological polar surface area (TPSA) is 24.9 Å². The minimum absolute atomic E-state index is 0.818. The van der Waals surface area contributed by atoms with Crippen LogP contribution in [0.1, 0.15) is 31.7 Å². The SMILES string of the molecule is C/C(=C/CCNC1CC1)Cc1cncc(Br)c1. The Morgan fingerprint density at radius 3 is 3.06 bits per heavy atom. The van der Waals surface area contributed by atoms with Gasteiger partial charge >= 0.3 is 0 Å². The van der Waals surface area contributed by atoms with Crippen LogP contribution in [0.2, 0.25) is 0 Å². The van der Waals surface area contributed by atoms with Crippen molar-refractivity contribution in [2.45, 2.75) is 38.6 Å². The van der Waals surface area contributed by atoms with Gasteiger partial charge in [0.25, 0.3) is 0 Å². The standard InChI is InChI=1S/C14H19BrN2/c1-11(3-2-6-17-14-4-5-14)7-12-8-13(15)10-16-9-12/h3,8-10,14,17H,2,4-7H2,1H3/b11-3-. The predicted octanol–water partition coefficient (Wildman–Crippen LogP) is 3.48. The lowest BCUT2D eigenvalue weighted by Crippen LogP contribution is -2.16. The Kier molecular flexibility index (Phi) is 4.75. The molecule has 0 unspecified atom stereocenters. The molecule has 1 N–H and O–H groups in total. The summed E-state index contributed by atoms with van der Waals surface area (Å²) >= 11 is 3.45. The van der Waals surface area contributed by atoms with Crippen LogP contribution in [-0.2, 0) is 6.42 Å². The van der Waals surface area contributed by atoms with E-state index in [0.29, 0.717) is 0 Å². The second kappa shape index (κ2) is 6.31. The van der Waals surface area contributed by atoms with Crippen molar-refractivity contribution in [3.05, 3.63) is 40.1 Å². The summed E-state index contributed by atoms with van der Waals surface area (Å²) in [7, 11) is 0. The van der Waals surface area contributed by atoms with E-state index in [1.54, 1.807) is 0 Å². The third-order valence-corrected chi connectivity index (χ3v) is 3.33. The number of nitrogens with zero attached hydrogens (tertiary/aromatic N) is 1. The zero-order chi connectivity index (χ0) is 12.1. The molecule has 0 amide bonds.